The second-order valence-corrected chi connectivity index (χ2v) is 4.04. The molecule has 2 heterocycles. The van der Waals surface area contributed by atoms with Gasteiger partial charge in [-0.1, -0.05) is 6.92 Å². The van der Waals surface area contributed by atoms with Crippen molar-refractivity contribution >= 4 is 17.7 Å². The van der Waals surface area contributed by atoms with E-state index < -0.39 is 0 Å². The molecule has 0 atom stereocenters. The number of anilines is 2. The minimum Gasteiger partial charge on any atom is -0.370 e. The minimum absolute atomic E-state index is 0.178. The average Bonchev–Trinajstić information content (AvgIpc) is 2.48. The number of aromatic nitrogens is 4. The van der Waals surface area contributed by atoms with Gasteiger partial charge in [0.25, 0.3) is 5.91 Å². The monoisotopic (exact) mass is 272 g/mol. The topological polar surface area (TPSA) is 92.7 Å². The van der Waals surface area contributed by atoms with E-state index in [4.69, 9.17) is 0 Å². The highest BCUT2D eigenvalue weighted by Crippen LogP contribution is 2.12. The van der Waals surface area contributed by atoms with Crippen LogP contribution >= 0.6 is 0 Å². The summed E-state index contributed by atoms with van der Waals surface area (Å²) in [6, 6.07) is 3.46. The molecule has 0 radical (unpaired) electrons. The molecule has 2 aromatic rings. The Morgan fingerprint density at radius 3 is 2.75 bits per heavy atom. The molecule has 0 aliphatic rings. The quantitative estimate of drug-likeness (QED) is 0.857. The average molecular weight is 272 g/mol. The maximum absolute atomic E-state index is 12.2. The normalized spacial score (nSPS) is 10.1. The van der Waals surface area contributed by atoms with E-state index in [9.17, 15) is 4.79 Å². The van der Waals surface area contributed by atoms with Crippen molar-refractivity contribution in [2.75, 3.05) is 17.2 Å². The first-order valence-electron chi connectivity index (χ1n) is 6.42. The predicted octanol–water partition coefficient (Wildman–Crippen LogP) is 1.51. The van der Waals surface area contributed by atoms with Crippen molar-refractivity contribution in [3.05, 3.63) is 35.8 Å². The first kappa shape index (κ1) is 13.9. The largest absolute Gasteiger partial charge is 0.370 e. The lowest BCUT2D eigenvalue weighted by Crippen LogP contribution is -2.16. The Morgan fingerprint density at radius 2 is 2.10 bits per heavy atom. The van der Waals surface area contributed by atoms with Gasteiger partial charge in [-0.15, -0.1) is 5.10 Å². The molecule has 0 aromatic carbocycles. The molecule has 0 unspecified atom stereocenters. The Labute approximate surface area is 116 Å². The van der Waals surface area contributed by atoms with E-state index in [-0.39, 0.29) is 11.9 Å². The zero-order valence-electron chi connectivity index (χ0n) is 11.4. The molecule has 0 saturated heterocycles. The second-order valence-electron chi connectivity index (χ2n) is 4.04. The summed E-state index contributed by atoms with van der Waals surface area (Å²) in [5, 5.41) is 13.1. The number of rotatable bonds is 5. The smallest absolute Gasteiger partial charge is 0.258 e. The number of pyridine rings is 1. The fourth-order valence-electron chi connectivity index (χ4n) is 1.65. The fourth-order valence-corrected chi connectivity index (χ4v) is 1.65. The van der Waals surface area contributed by atoms with Gasteiger partial charge < -0.3 is 5.32 Å². The van der Waals surface area contributed by atoms with Gasteiger partial charge >= 0.3 is 0 Å². The third-order valence-corrected chi connectivity index (χ3v) is 2.57. The molecule has 0 aliphatic carbocycles. The Balaban J connectivity index is 2.22. The summed E-state index contributed by atoms with van der Waals surface area (Å²) in [6.07, 6.45) is 3.67. The molecule has 1 amide bonds. The van der Waals surface area contributed by atoms with Crippen LogP contribution in [0.25, 0.3) is 0 Å². The summed E-state index contributed by atoms with van der Waals surface area (Å²) in [7, 11) is 0. The van der Waals surface area contributed by atoms with Crippen molar-refractivity contribution < 1.29 is 4.79 Å². The first-order chi connectivity index (χ1) is 9.72. The number of carbonyl (C=O) groups is 1. The molecule has 104 valence electrons. The Morgan fingerprint density at radius 1 is 1.25 bits per heavy atom. The lowest BCUT2D eigenvalue weighted by molar-refractivity contribution is 0.102. The van der Waals surface area contributed by atoms with E-state index in [1.165, 1.54) is 12.4 Å². The number of hydrogen-bond donors (Lipinski definition) is 2. The van der Waals surface area contributed by atoms with Crippen LogP contribution in [-0.2, 0) is 6.42 Å². The number of carbonyl (C=O) groups excluding carboxylic acids is 1. The van der Waals surface area contributed by atoms with Crippen LogP contribution in [0.5, 0.6) is 0 Å². The molecular formula is C13H16N6O. The first-order valence-corrected chi connectivity index (χ1v) is 6.42. The summed E-state index contributed by atoms with van der Waals surface area (Å²) >= 11 is 0. The molecule has 2 aromatic heterocycles. The number of nitrogens with one attached hydrogen (secondary N) is 2. The van der Waals surface area contributed by atoms with Gasteiger partial charge in [-0.25, -0.2) is 9.97 Å². The number of amides is 1. The van der Waals surface area contributed by atoms with Gasteiger partial charge in [0.05, 0.1) is 12.4 Å². The van der Waals surface area contributed by atoms with Crippen molar-refractivity contribution in [1.29, 1.82) is 0 Å². The van der Waals surface area contributed by atoms with Gasteiger partial charge in [0, 0.05) is 17.8 Å². The van der Waals surface area contributed by atoms with Crippen LogP contribution in [0.1, 0.15) is 29.9 Å². The second kappa shape index (κ2) is 6.55. The van der Waals surface area contributed by atoms with Crippen molar-refractivity contribution in [2.45, 2.75) is 20.3 Å². The molecule has 0 bridgehead atoms. The molecule has 0 fully saturated rings. The zero-order valence-corrected chi connectivity index (χ0v) is 11.4. The Hall–Kier alpha value is -2.57. The predicted molar refractivity (Wildman–Crippen MR) is 75.6 cm³/mol. The van der Waals surface area contributed by atoms with E-state index in [0.29, 0.717) is 11.4 Å². The summed E-state index contributed by atoms with van der Waals surface area (Å²) in [4.78, 5) is 20.5. The summed E-state index contributed by atoms with van der Waals surface area (Å²) < 4.78 is 0. The Kier molecular flexibility index (Phi) is 4.54. The van der Waals surface area contributed by atoms with Crippen LogP contribution < -0.4 is 10.6 Å². The van der Waals surface area contributed by atoms with E-state index >= 15 is 0 Å². The molecular weight excluding hydrogens is 256 g/mol. The van der Waals surface area contributed by atoms with Crippen LogP contribution in [0.4, 0.5) is 11.8 Å². The highest BCUT2D eigenvalue weighted by Gasteiger charge is 2.11. The van der Waals surface area contributed by atoms with Crippen molar-refractivity contribution in [3.8, 4) is 0 Å². The molecule has 0 aliphatic heterocycles. The SMILES string of the molecule is CCNc1cc(C(=O)Nc2nccnn2)cc(CC)n1. The van der Waals surface area contributed by atoms with E-state index in [1.54, 1.807) is 12.1 Å². The van der Waals surface area contributed by atoms with Crippen molar-refractivity contribution in [3.63, 3.8) is 0 Å². The standard InChI is InChI=1S/C13H16N6O/c1-3-10-7-9(8-11(17-10)14-4-2)12(20)18-13-15-5-6-16-19-13/h5-8H,3-4H2,1-2H3,(H,14,17)(H,15,18,19,20). The summed E-state index contributed by atoms with van der Waals surface area (Å²) in [5.41, 5.74) is 1.36. The number of aryl methyl sites for hydroxylation is 1. The van der Waals surface area contributed by atoms with Crippen LogP contribution in [0.2, 0.25) is 0 Å². The Bertz CT molecular complexity index is 587. The highest BCUT2D eigenvalue weighted by atomic mass is 16.1. The van der Waals surface area contributed by atoms with Crippen molar-refractivity contribution in [1.82, 2.24) is 20.2 Å². The third-order valence-electron chi connectivity index (χ3n) is 2.57. The van der Waals surface area contributed by atoms with Gasteiger partial charge in [-0.2, -0.15) is 5.10 Å². The van der Waals surface area contributed by atoms with E-state index in [0.717, 1.165) is 18.7 Å². The number of nitrogens with zero attached hydrogens (tertiary/aromatic N) is 4. The maximum atomic E-state index is 12.2. The molecule has 7 heteroatoms. The lowest BCUT2D eigenvalue weighted by Gasteiger charge is -2.08. The molecule has 0 saturated carbocycles. The molecule has 2 rings (SSSR count). The fraction of sp³-hybridized carbons (Fsp3) is 0.308. The van der Waals surface area contributed by atoms with Crippen LogP contribution in [0.3, 0.4) is 0 Å². The maximum Gasteiger partial charge on any atom is 0.258 e. The van der Waals surface area contributed by atoms with Crippen LogP contribution in [-0.4, -0.2) is 32.6 Å². The lowest BCUT2D eigenvalue weighted by atomic mass is 10.2. The highest BCUT2D eigenvalue weighted by molar-refractivity contribution is 6.03. The molecule has 7 nitrogen and oxygen atoms in total. The van der Waals surface area contributed by atoms with Gasteiger partial charge in [-0.05, 0) is 25.5 Å². The summed E-state index contributed by atoms with van der Waals surface area (Å²) in [5.74, 6) is 0.579. The summed E-state index contributed by atoms with van der Waals surface area (Å²) in [6.45, 7) is 4.71. The van der Waals surface area contributed by atoms with Gasteiger partial charge in [0.1, 0.15) is 5.82 Å². The van der Waals surface area contributed by atoms with Gasteiger partial charge in [0.2, 0.25) is 5.95 Å². The number of hydrogen-bond acceptors (Lipinski definition) is 6. The molecule has 0 spiro atoms. The van der Waals surface area contributed by atoms with E-state index in [1.807, 2.05) is 13.8 Å². The van der Waals surface area contributed by atoms with E-state index in [2.05, 4.69) is 30.8 Å². The third kappa shape index (κ3) is 3.47. The molecule has 2 N–H and O–H groups in total. The van der Waals surface area contributed by atoms with Crippen molar-refractivity contribution in [2.24, 2.45) is 0 Å². The van der Waals surface area contributed by atoms with Gasteiger partial charge in [0.15, 0.2) is 0 Å². The minimum atomic E-state index is -0.283. The zero-order chi connectivity index (χ0) is 14.4. The van der Waals surface area contributed by atoms with Gasteiger partial charge in [-0.3, -0.25) is 10.1 Å². The molecule has 20 heavy (non-hydrogen) atoms. The van der Waals surface area contributed by atoms with Crippen LogP contribution in [0, 0.1) is 0 Å². The van der Waals surface area contributed by atoms with Crippen LogP contribution in [0.15, 0.2) is 24.5 Å².